The Labute approximate surface area is 134 Å². The fourth-order valence-corrected chi connectivity index (χ4v) is 3.40. The molecule has 106 valence electrons. The first kappa shape index (κ1) is 14.0. The van der Waals surface area contributed by atoms with Crippen molar-refractivity contribution in [2.45, 2.75) is 6.54 Å². The summed E-state index contributed by atoms with van der Waals surface area (Å²) in [5.74, 6) is -0.151. The number of fused-ring (bicyclic) bond motifs is 1. The van der Waals surface area contributed by atoms with Crippen molar-refractivity contribution in [3.63, 3.8) is 0 Å². The zero-order valence-corrected chi connectivity index (χ0v) is 13.4. The van der Waals surface area contributed by atoms with Crippen molar-refractivity contribution in [1.29, 1.82) is 0 Å². The predicted octanol–water partition coefficient (Wildman–Crippen LogP) is 3.57. The minimum absolute atomic E-state index is 0.151. The minimum Gasteiger partial charge on any atom is -0.397 e. The average molecular weight is 362 g/mol. The number of nitrogens with zero attached hydrogens (tertiary/aromatic N) is 1. The monoisotopic (exact) mass is 361 g/mol. The van der Waals surface area contributed by atoms with Gasteiger partial charge in [-0.15, -0.1) is 11.3 Å². The van der Waals surface area contributed by atoms with E-state index in [1.165, 1.54) is 11.3 Å². The first-order valence-electron chi connectivity index (χ1n) is 6.30. The van der Waals surface area contributed by atoms with Crippen LogP contribution in [0.1, 0.15) is 15.2 Å². The average Bonchev–Trinajstić information content (AvgIpc) is 2.83. The smallest absolute Gasteiger partial charge is 0.263 e. The Morgan fingerprint density at radius 3 is 2.81 bits per heavy atom. The summed E-state index contributed by atoms with van der Waals surface area (Å²) < 4.78 is 1.95. The number of carbonyl (C=O) groups excluding carboxylic acids is 1. The minimum atomic E-state index is -0.151. The number of hydrogen-bond donors (Lipinski definition) is 2. The van der Waals surface area contributed by atoms with Crippen LogP contribution in [0.3, 0.4) is 0 Å². The molecular formula is C15H12BrN3OS. The Morgan fingerprint density at radius 2 is 2.05 bits per heavy atom. The fourth-order valence-electron chi connectivity index (χ4n) is 2.02. The number of carbonyl (C=O) groups is 1. The summed E-state index contributed by atoms with van der Waals surface area (Å²) in [6.45, 7) is 0.457. The van der Waals surface area contributed by atoms with Crippen LogP contribution in [0.4, 0.5) is 5.69 Å². The van der Waals surface area contributed by atoms with E-state index < -0.39 is 0 Å². The summed E-state index contributed by atoms with van der Waals surface area (Å²) >= 11 is 4.82. The number of hydrogen-bond acceptors (Lipinski definition) is 4. The summed E-state index contributed by atoms with van der Waals surface area (Å²) in [4.78, 5) is 16.8. The van der Waals surface area contributed by atoms with E-state index in [-0.39, 0.29) is 5.91 Å². The Bertz CT molecular complexity index is 801. The Morgan fingerprint density at radius 1 is 1.29 bits per heavy atom. The lowest BCUT2D eigenvalue weighted by molar-refractivity contribution is 0.0956. The molecule has 3 aromatic rings. The molecule has 2 heterocycles. The van der Waals surface area contributed by atoms with Crippen LogP contribution < -0.4 is 11.1 Å². The molecule has 0 atom stereocenters. The third-order valence-electron chi connectivity index (χ3n) is 3.10. The molecule has 0 spiro atoms. The second-order valence-corrected chi connectivity index (χ2v) is 6.49. The Balaban J connectivity index is 1.83. The molecule has 0 radical (unpaired) electrons. The van der Waals surface area contributed by atoms with E-state index in [1.807, 2.05) is 30.3 Å². The molecule has 1 aromatic carbocycles. The van der Waals surface area contributed by atoms with E-state index in [1.54, 1.807) is 12.4 Å². The molecular weight excluding hydrogens is 350 g/mol. The maximum atomic E-state index is 12.3. The molecule has 0 aliphatic heterocycles. The van der Waals surface area contributed by atoms with E-state index in [9.17, 15) is 4.79 Å². The van der Waals surface area contributed by atoms with Crippen molar-refractivity contribution in [3.05, 3.63) is 57.6 Å². The van der Waals surface area contributed by atoms with Gasteiger partial charge < -0.3 is 11.1 Å². The number of halogens is 1. The number of thiophene rings is 1. The maximum absolute atomic E-state index is 12.3. The van der Waals surface area contributed by atoms with Crippen LogP contribution in [0.2, 0.25) is 0 Å². The highest BCUT2D eigenvalue weighted by Crippen LogP contribution is 2.35. The van der Waals surface area contributed by atoms with Crippen LogP contribution in [0, 0.1) is 0 Å². The summed E-state index contributed by atoms with van der Waals surface area (Å²) in [7, 11) is 0. The van der Waals surface area contributed by atoms with E-state index in [0.717, 1.165) is 20.1 Å². The van der Waals surface area contributed by atoms with Gasteiger partial charge in [0.25, 0.3) is 5.91 Å². The third-order valence-corrected chi connectivity index (χ3v) is 4.78. The predicted molar refractivity (Wildman–Crippen MR) is 89.3 cm³/mol. The fraction of sp³-hybridized carbons (Fsp3) is 0.0667. The molecule has 21 heavy (non-hydrogen) atoms. The molecule has 0 unspecified atom stereocenters. The largest absolute Gasteiger partial charge is 0.397 e. The summed E-state index contributed by atoms with van der Waals surface area (Å²) in [5.41, 5.74) is 7.63. The highest BCUT2D eigenvalue weighted by atomic mass is 79.9. The third kappa shape index (κ3) is 2.91. The molecule has 4 nitrogen and oxygen atoms in total. The van der Waals surface area contributed by atoms with E-state index >= 15 is 0 Å². The van der Waals surface area contributed by atoms with Crippen LogP contribution in [0.15, 0.2) is 47.2 Å². The van der Waals surface area contributed by atoms with Gasteiger partial charge in [0.05, 0.1) is 5.69 Å². The van der Waals surface area contributed by atoms with Crippen LogP contribution in [-0.2, 0) is 6.54 Å². The van der Waals surface area contributed by atoms with E-state index in [0.29, 0.717) is 17.1 Å². The molecule has 3 N–H and O–H groups in total. The lowest BCUT2D eigenvalue weighted by Gasteiger charge is -2.04. The van der Waals surface area contributed by atoms with Gasteiger partial charge in [0.2, 0.25) is 0 Å². The highest BCUT2D eigenvalue weighted by molar-refractivity contribution is 9.10. The van der Waals surface area contributed by atoms with Gasteiger partial charge in [0, 0.05) is 33.5 Å². The lowest BCUT2D eigenvalue weighted by atomic mass is 10.2. The zero-order valence-electron chi connectivity index (χ0n) is 11.0. The lowest BCUT2D eigenvalue weighted by Crippen LogP contribution is -2.22. The molecule has 1 amide bonds. The van der Waals surface area contributed by atoms with Crippen molar-refractivity contribution in [2.75, 3.05) is 5.73 Å². The molecule has 0 aliphatic rings. The van der Waals surface area contributed by atoms with Crippen molar-refractivity contribution in [2.24, 2.45) is 0 Å². The number of nitrogens with two attached hydrogens (primary N) is 1. The van der Waals surface area contributed by atoms with E-state index in [2.05, 4.69) is 26.2 Å². The van der Waals surface area contributed by atoms with Crippen LogP contribution in [-0.4, -0.2) is 10.9 Å². The summed E-state index contributed by atoms with van der Waals surface area (Å²) in [5, 5.41) is 3.79. The number of amides is 1. The summed E-state index contributed by atoms with van der Waals surface area (Å²) in [6, 6.07) is 9.56. The van der Waals surface area contributed by atoms with Gasteiger partial charge in [-0.25, -0.2) is 0 Å². The van der Waals surface area contributed by atoms with Crippen molar-refractivity contribution in [1.82, 2.24) is 10.3 Å². The molecule has 3 rings (SSSR count). The molecule has 0 saturated carbocycles. The second kappa shape index (κ2) is 5.83. The maximum Gasteiger partial charge on any atom is 0.263 e. The van der Waals surface area contributed by atoms with Crippen molar-refractivity contribution < 1.29 is 4.79 Å². The number of nitrogen functional groups attached to an aromatic ring is 1. The number of aromatic nitrogens is 1. The first-order chi connectivity index (χ1) is 10.1. The van der Waals surface area contributed by atoms with Gasteiger partial charge in [-0.3, -0.25) is 9.78 Å². The van der Waals surface area contributed by atoms with Crippen molar-refractivity contribution in [3.8, 4) is 0 Å². The zero-order chi connectivity index (χ0) is 14.8. The number of benzene rings is 1. The molecule has 0 saturated heterocycles. The molecule has 0 aliphatic carbocycles. The highest BCUT2D eigenvalue weighted by Gasteiger charge is 2.16. The van der Waals surface area contributed by atoms with Gasteiger partial charge in [0.15, 0.2) is 0 Å². The Hall–Kier alpha value is -1.92. The quantitative estimate of drug-likeness (QED) is 0.749. The van der Waals surface area contributed by atoms with Gasteiger partial charge in [-0.1, -0.05) is 15.9 Å². The standard InChI is InChI=1S/C15H12BrN3OS/c16-10-1-2-12-11(7-10)13(17)14(21-12)15(20)19-8-9-3-5-18-6-4-9/h1-7H,8,17H2,(H,19,20). The Kier molecular flexibility index (Phi) is 3.90. The van der Waals surface area contributed by atoms with Gasteiger partial charge >= 0.3 is 0 Å². The number of anilines is 1. The molecule has 0 bridgehead atoms. The number of rotatable bonds is 3. The molecule has 0 fully saturated rings. The number of pyridine rings is 1. The van der Waals surface area contributed by atoms with E-state index in [4.69, 9.17) is 5.73 Å². The van der Waals surface area contributed by atoms with Crippen LogP contribution in [0.25, 0.3) is 10.1 Å². The van der Waals surface area contributed by atoms with Crippen molar-refractivity contribution >= 4 is 48.9 Å². The number of nitrogens with one attached hydrogen (secondary N) is 1. The van der Waals surface area contributed by atoms with Crippen LogP contribution >= 0.6 is 27.3 Å². The second-order valence-electron chi connectivity index (χ2n) is 4.52. The van der Waals surface area contributed by atoms with Gasteiger partial charge in [-0.05, 0) is 35.9 Å². The first-order valence-corrected chi connectivity index (χ1v) is 7.91. The SMILES string of the molecule is Nc1c(C(=O)NCc2ccncc2)sc2ccc(Br)cc12. The van der Waals surface area contributed by atoms with Crippen LogP contribution in [0.5, 0.6) is 0 Å². The van der Waals surface area contributed by atoms with Gasteiger partial charge in [0.1, 0.15) is 4.88 Å². The molecule has 2 aromatic heterocycles. The topological polar surface area (TPSA) is 68.0 Å². The normalized spacial score (nSPS) is 10.7. The summed E-state index contributed by atoms with van der Waals surface area (Å²) in [6.07, 6.45) is 3.40. The molecule has 6 heteroatoms. The van der Waals surface area contributed by atoms with Gasteiger partial charge in [-0.2, -0.15) is 0 Å².